The van der Waals surface area contributed by atoms with Gasteiger partial charge in [0.2, 0.25) is 0 Å². The Morgan fingerprint density at radius 2 is 1.38 bits per heavy atom. The van der Waals surface area contributed by atoms with Gasteiger partial charge in [0.05, 0.1) is 0 Å². The Hall–Kier alpha value is -1.32. The lowest BCUT2D eigenvalue weighted by atomic mass is 10.5. The van der Waals surface area contributed by atoms with Crippen molar-refractivity contribution in [1.29, 1.82) is 0 Å². The normalized spacial score (nSPS) is 9.00. The molecule has 0 fully saturated rings. The van der Waals surface area contributed by atoms with Crippen LogP contribution in [-0.4, -0.2) is 10.2 Å². The summed E-state index contributed by atoms with van der Waals surface area (Å²) in [5, 5.41) is 26.1. The fourth-order valence-electron chi connectivity index (χ4n) is 0.308. The molecule has 0 saturated carbocycles. The smallest absolute Gasteiger partial charge is 0.0104 e. The van der Waals surface area contributed by atoms with Crippen molar-refractivity contribution in [3.63, 3.8) is 0 Å². The second-order valence-corrected chi connectivity index (χ2v) is 1.21. The molecule has 1 aromatic heterocycles. The topological polar surface area (TPSA) is 71.9 Å². The number of hydrogen-bond donors (Lipinski definition) is 0. The first-order chi connectivity index (χ1) is 3.79. The quantitative estimate of drug-likeness (QED) is 0.412. The van der Waals surface area contributed by atoms with Gasteiger partial charge in [0.25, 0.3) is 0 Å². The highest BCUT2D eigenvalue weighted by molar-refractivity contribution is 5.09. The lowest BCUT2D eigenvalue weighted by Crippen LogP contribution is -1.99. The van der Waals surface area contributed by atoms with Crippen LogP contribution < -0.4 is 10.2 Å². The van der Waals surface area contributed by atoms with Gasteiger partial charge in [0.1, 0.15) is 0 Å². The zero-order valence-electron chi connectivity index (χ0n) is 3.87. The van der Waals surface area contributed by atoms with Gasteiger partial charge in [-0.1, -0.05) is 0 Å². The summed E-state index contributed by atoms with van der Waals surface area (Å²) in [6.07, 6.45) is 0. The Labute approximate surface area is 45.4 Å². The summed E-state index contributed by atoms with van der Waals surface area (Å²) in [5.41, 5.74) is 0. The van der Waals surface area contributed by atoms with E-state index in [9.17, 15) is 10.2 Å². The van der Waals surface area contributed by atoms with Crippen LogP contribution in [0.15, 0.2) is 12.1 Å². The molecule has 0 aliphatic carbocycles. The van der Waals surface area contributed by atoms with E-state index in [4.69, 9.17) is 0 Å². The molecule has 0 aliphatic rings. The molecule has 1 aromatic rings. The average molecular weight is 110 g/mol. The minimum atomic E-state index is -0.482. The first-order valence-corrected chi connectivity index (χ1v) is 1.97. The van der Waals surface area contributed by atoms with E-state index in [0.717, 1.165) is 12.1 Å². The zero-order valence-corrected chi connectivity index (χ0v) is 3.87. The van der Waals surface area contributed by atoms with E-state index in [1.54, 1.807) is 0 Å². The molecule has 8 heavy (non-hydrogen) atoms. The van der Waals surface area contributed by atoms with Gasteiger partial charge in [-0.15, -0.1) is 0 Å². The maximum Gasteiger partial charge on any atom is 0.0104 e. The summed E-state index contributed by atoms with van der Waals surface area (Å²) in [6.45, 7) is 0. The number of nitrogens with zero attached hydrogens (tertiary/aromatic N) is 2. The highest BCUT2D eigenvalue weighted by atomic mass is 16.3. The molecule has 1 rings (SSSR count). The van der Waals surface area contributed by atoms with E-state index in [1.165, 1.54) is 0 Å². The standard InChI is InChI=1S/C4H4N2O2/c7-3-1-2-4(8)6-5-3/h1-2H,(H,5,7)(H,6,8)/p-2. The minimum absolute atomic E-state index is 0.482. The molecule has 0 saturated heterocycles. The Kier molecular flexibility index (Phi) is 0.997. The van der Waals surface area contributed by atoms with Gasteiger partial charge in [-0.3, -0.25) is 0 Å². The van der Waals surface area contributed by atoms with Crippen molar-refractivity contribution in [2.24, 2.45) is 0 Å². The monoisotopic (exact) mass is 110 g/mol. The van der Waals surface area contributed by atoms with E-state index in [0.29, 0.717) is 0 Å². The molecular weight excluding hydrogens is 108 g/mol. The highest BCUT2D eigenvalue weighted by Crippen LogP contribution is 1.98. The molecule has 0 unspecified atom stereocenters. The van der Waals surface area contributed by atoms with E-state index >= 15 is 0 Å². The lowest BCUT2D eigenvalue weighted by molar-refractivity contribution is -0.286. The van der Waals surface area contributed by atoms with Crippen LogP contribution in [0.25, 0.3) is 0 Å². The predicted octanol–water partition coefficient (Wildman–Crippen LogP) is -1.38. The summed E-state index contributed by atoms with van der Waals surface area (Å²) in [6, 6.07) is 2.16. The third kappa shape index (κ3) is 0.841. The van der Waals surface area contributed by atoms with Crippen LogP contribution in [0.5, 0.6) is 11.8 Å². The molecule has 42 valence electrons. The third-order valence-electron chi connectivity index (χ3n) is 0.616. The summed E-state index contributed by atoms with van der Waals surface area (Å²) in [7, 11) is 0. The molecule has 0 atom stereocenters. The van der Waals surface area contributed by atoms with Crippen LogP contribution in [0.4, 0.5) is 0 Å². The molecule has 0 spiro atoms. The zero-order chi connectivity index (χ0) is 5.98. The fourth-order valence-corrected chi connectivity index (χ4v) is 0.308. The first-order valence-electron chi connectivity index (χ1n) is 1.97. The van der Waals surface area contributed by atoms with Crippen LogP contribution in [0.1, 0.15) is 0 Å². The van der Waals surface area contributed by atoms with Gasteiger partial charge in [-0.25, -0.2) is 0 Å². The lowest BCUT2D eigenvalue weighted by Gasteiger charge is -2.04. The van der Waals surface area contributed by atoms with Gasteiger partial charge in [0.15, 0.2) is 0 Å². The molecule has 0 aromatic carbocycles. The van der Waals surface area contributed by atoms with Crippen LogP contribution >= 0.6 is 0 Å². The predicted molar refractivity (Wildman–Crippen MR) is 20.9 cm³/mol. The largest absolute Gasteiger partial charge is 0.857 e. The van der Waals surface area contributed by atoms with E-state index < -0.39 is 11.8 Å². The highest BCUT2D eigenvalue weighted by Gasteiger charge is 1.72. The Morgan fingerprint density at radius 3 is 1.62 bits per heavy atom. The van der Waals surface area contributed by atoms with Crippen LogP contribution in [0, 0.1) is 0 Å². The molecule has 0 bridgehead atoms. The summed E-state index contributed by atoms with van der Waals surface area (Å²) in [4.78, 5) is 0. The van der Waals surface area contributed by atoms with Crippen molar-refractivity contribution < 1.29 is 10.2 Å². The number of aromatic nitrogens is 2. The maximum absolute atomic E-state index is 10.1. The van der Waals surface area contributed by atoms with Gasteiger partial charge < -0.3 is 10.2 Å². The summed E-state index contributed by atoms with van der Waals surface area (Å²) in [5.74, 6) is -0.964. The Balaban J connectivity index is 3.03. The van der Waals surface area contributed by atoms with Crippen molar-refractivity contribution in [2.75, 3.05) is 0 Å². The van der Waals surface area contributed by atoms with Gasteiger partial charge in [-0.2, -0.15) is 10.2 Å². The molecule has 0 aliphatic heterocycles. The van der Waals surface area contributed by atoms with Crippen molar-refractivity contribution in [3.05, 3.63) is 12.1 Å². The van der Waals surface area contributed by atoms with Crippen LogP contribution in [-0.2, 0) is 0 Å². The van der Waals surface area contributed by atoms with E-state index in [1.807, 2.05) is 0 Å². The van der Waals surface area contributed by atoms with Gasteiger partial charge in [-0.05, 0) is 12.1 Å². The fraction of sp³-hybridized carbons (Fsp3) is 0. The SMILES string of the molecule is [O-]c1ccc([O-])nn1. The summed E-state index contributed by atoms with van der Waals surface area (Å²) < 4.78 is 0. The molecule has 0 radical (unpaired) electrons. The van der Waals surface area contributed by atoms with Crippen LogP contribution in [0.2, 0.25) is 0 Å². The van der Waals surface area contributed by atoms with Gasteiger partial charge in [0, 0.05) is 11.8 Å². The molecule has 1 heterocycles. The van der Waals surface area contributed by atoms with E-state index in [2.05, 4.69) is 10.2 Å². The van der Waals surface area contributed by atoms with Crippen molar-refractivity contribution in [1.82, 2.24) is 10.2 Å². The van der Waals surface area contributed by atoms with E-state index in [-0.39, 0.29) is 0 Å². The Bertz CT molecular complexity index is 151. The molecule has 4 heteroatoms. The molecule has 0 N–H and O–H groups in total. The second kappa shape index (κ2) is 1.65. The maximum atomic E-state index is 10.1. The van der Waals surface area contributed by atoms with Crippen molar-refractivity contribution in [2.45, 2.75) is 0 Å². The van der Waals surface area contributed by atoms with Crippen LogP contribution in [0.3, 0.4) is 0 Å². The van der Waals surface area contributed by atoms with Crippen molar-refractivity contribution >= 4 is 0 Å². The second-order valence-electron chi connectivity index (χ2n) is 1.21. The van der Waals surface area contributed by atoms with Crippen molar-refractivity contribution in [3.8, 4) is 11.8 Å². The minimum Gasteiger partial charge on any atom is -0.857 e. The average Bonchev–Trinajstić information content (AvgIpc) is 1.77. The summed E-state index contributed by atoms with van der Waals surface area (Å²) >= 11 is 0. The number of hydrogen-bond acceptors (Lipinski definition) is 4. The first kappa shape index (κ1) is 4.83. The number of rotatable bonds is 0. The molecule has 4 nitrogen and oxygen atoms in total. The molecule has 0 amide bonds. The third-order valence-corrected chi connectivity index (χ3v) is 0.616. The Morgan fingerprint density at radius 1 is 1.00 bits per heavy atom. The molecular formula is C4H2N2O2-2. The van der Waals surface area contributed by atoms with Gasteiger partial charge >= 0.3 is 0 Å².